The molecule has 1 heterocycles. The monoisotopic (exact) mass is 259 g/mol. The Balaban J connectivity index is 1.37. The number of rotatable bonds is 4. The Labute approximate surface area is 115 Å². The maximum Gasteiger partial charge on any atom is 0.0560 e. The van der Waals surface area contributed by atoms with Crippen molar-refractivity contribution in [1.29, 1.82) is 0 Å². The minimum Gasteiger partial charge on any atom is -0.309 e. The molecule has 19 heavy (non-hydrogen) atoms. The molecule has 3 fully saturated rings. The molecule has 3 saturated carbocycles. The molecule has 6 atom stereocenters. The Kier molecular flexibility index (Phi) is 2.91. The average Bonchev–Trinajstić information content (AvgIpc) is 3.10. The van der Waals surface area contributed by atoms with Gasteiger partial charge in [0.2, 0.25) is 0 Å². The molecule has 3 heteroatoms. The fraction of sp³-hybridized carbons (Fsp3) is 0.812. The second-order valence-electron chi connectivity index (χ2n) is 7.06. The molecule has 0 aromatic carbocycles. The Hall–Kier alpha value is -0.830. The molecule has 3 nitrogen and oxygen atoms in total. The fourth-order valence-electron chi connectivity index (χ4n) is 5.37. The Morgan fingerprint density at radius 1 is 1.26 bits per heavy atom. The van der Waals surface area contributed by atoms with Crippen LogP contribution in [-0.4, -0.2) is 21.9 Å². The van der Waals surface area contributed by atoms with E-state index < -0.39 is 0 Å². The highest BCUT2D eigenvalue weighted by molar-refractivity contribution is 5.05. The van der Waals surface area contributed by atoms with E-state index in [4.69, 9.17) is 0 Å². The first-order valence-electron chi connectivity index (χ1n) is 8.05. The number of nitrogens with one attached hydrogen (secondary N) is 1. The van der Waals surface area contributed by atoms with Gasteiger partial charge < -0.3 is 5.32 Å². The third-order valence-electron chi connectivity index (χ3n) is 5.95. The zero-order chi connectivity index (χ0) is 12.8. The van der Waals surface area contributed by atoms with Crippen molar-refractivity contribution >= 4 is 0 Å². The maximum atomic E-state index is 4.31. The summed E-state index contributed by atoms with van der Waals surface area (Å²) in [4.78, 5) is 0. The van der Waals surface area contributed by atoms with Gasteiger partial charge in [0.25, 0.3) is 0 Å². The summed E-state index contributed by atoms with van der Waals surface area (Å²) in [6.07, 6.45) is 11.4. The summed E-state index contributed by atoms with van der Waals surface area (Å²) < 4.78 is 2.04. The molecule has 3 aliphatic rings. The van der Waals surface area contributed by atoms with Crippen LogP contribution in [0.1, 0.15) is 39.0 Å². The van der Waals surface area contributed by atoms with Crippen LogP contribution < -0.4 is 5.32 Å². The summed E-state index contributed by atoms with van der Waals surface area (Å²) in [6, 6.07) is 3.33. The molecule has 3 aliphatic carbocycles. The van der Waals surface area contributed by atoms with Gasteiger partial charge in [0.05, 0.1) is 6.54 Å². The van der Waals surface area contributed by atoms with Gasteiger partial charge in [0.1, 0.15) is 0 Å². The molecule has 1 N–H and O–H groups in total. The van der Waals surface area contributed by atoms with E-state index in [1.807, 2.05) is 16.9 Å². The van der Waals surface area contributed by atoms with Crippen LogP contribution in [0.5, 0.6) is 0 Å². The summed E-state index contributed by atoms with van der Waals surface area (Å²) >= 11 is 0. The lowest BCUT2D eigenvalue weighted by atomic mass is 9.79. The van der Waals surface area contributed by atoms with Gasteiger partial charge in [-0.25, -0.2) is 0 Å². The molecule has 1 aromatic heterocycles. The Morgan fingerprint density at radius 2 is 2.16 bits per heavy atom. The molecular formula is C16H25N3. The molecular weight excluding hydrogens is 234 g/mol. The lowest BCUT2D eigenvalue weighted by Crippen LogP contribution is -2.45. The van der Waals surface area contributed by atoms with Crippen LogP contribution in [0, 0.1) is 23.7 Å². The highest BCUT2D eigenvalue weighted by Gasteiger charge is 2.53. The van der Waals surface area contributed by atoms with Gasteiger partial charge in [-0.05, 0) is 62.3 Å². The van der Waals surface area contributed by atoms with Crippen LogP contribution in [-0.2, 0) is 6.54 Å². The number of nitrogens with zero attached hydrogens (tertiary/aromatic N) is 2. The van der Waals surface area contributed by atoms with Crippen molar-refractivity contribution in [3.63, 3.8) is 0 Å². The lowest BCUT2D eigenvalue weighted by molar-refractivity contribution is 0.195. The Bertz CT molecular complexity index is 427. The van der Waals surface area contributed by atoms with Crippen molar-refractivity contribution in [2.75, 3.05) is 0 Å². The summed E-state index contributed by atoms with van der Waals surface area (Å²) in [5.74, 6) is 4.20. The number of fused-ring (bicyclic) bond motifs is 5. The second kappa shape index (κ2) is 4.62. The molecule has 0 amide bonds. The van der Waals surface area contributed by atoms with E-state index in [-0.39, 0.29) is 0 Å². The fourth-order valence-corrected chi connectivity index (χ4v) is 5.37. The molecule has 0 spiro atoms. The van der Waals surface area contributed by atoms with E-state index in [2.05, 4.69) is 23.5 Å². The molecule has 4 rings (SSSR count). The molecule has 104 valence electrons. The summed E-state index contributed by atoms with van der Waals surface area (Å²) in [7, 11) is 0. The lowest BCUT2D eigenvalue weighted by Gasteiger charge is -2.34. The van der Waals surface area contributed by atoms with E-state index in [9.17, 15) is 0 Å². The zero-order valence-corrected chi connectivity index (χ0v) is 11.8. The average molecular weight is 259 g/mol. The number of hydrogen-bond acceptors (Lipinski definition) is 2. The Morgan fingerprint density at radius 3 is 3.00 bits per heavy atom. The van der Waals surface area contributed by atoms with Gasteiger partial charge >= 0.3 is 0 Å². The highest BCUT2D eigenvalue weighted by Crippen LogP contribution is 2.58. The SMILES string of the molecule is CC(Cn1cccn1)NC1CC2CC1C1CCCC21. The number of aromatic nitrogens is 2. The standard InChI is InChI=1S/C16H25N3/c1-11(10-19-7-3-6-17-19)18-16-9-12-8-15(16)14-5-2-4-13(12)14/h3,6-7,11-16,18H,2,4-5,8-10H2,1H3. The van der Waals surface area contributed by atoms with Gasteiger partial charge in [0.15, 0.2) is 0 Å². The molecule has 0 saturated heterocycles. The third-order valence-corrected chi connectivity index (χ3v) is 5.95. The van der Waals surface area contributed by atoms with Crippen molar-refractivity contribution < 1.29 is 0 Å². The molecule has 6 unspecified atom stereocenters. The van der Waals surface area contributed by atoms with E-state index in [1.165, 1.54) is 32.1 Å². The van der Waals surface area contributed by atoms with E-state index in [1.54, 1.807) is 0 Å². The molecule has 1 aromatic rings. The number of hydrogen-bond donors (Lipinski definition) is 1. The molecule has 0 radical (unpaired) electrons. The van der Waals surface area contributed by atoms with Crippen molar-refractivity contribution in [3.8, 4) is 0 Å². The predicted molar refractivity (Wildman–Crippen MR) is 75.7 cm³/mol. The smallest absolute Gasteiger partial charge is 0.0560 e. The topological polar surface area (TPSA) is 29.9 Å². The van der Waals surface area contributed by atoms with Gasteiger partial charge in [-0.15, -0.1) is 0 Å². The van der Waals surface area contributed by atoms with Crippen molar-refractivity contribution in [1.82, 2.24) is 15.1 Å². The minimum absolute atomic E-state index is 0.532. The molecule has 0 aliphatic heterocycles. The predicted octanol–water partition coefficient (Wildman–Crippen LogP) is 2.69. The first kappa shape index (κ1) is 12.0. The highest BCUT2D eigenvalue weighted by atomic mass is 15.3. The van der Waals surface area contributed by atoms with Crippen molar-refractivity contribution in [2.24, 2.45) is 23.7 Å². The van der Waals surface area contributed by atoms with Crippen LogP contribution in [0.3, 0.4) is 0 Å². The third kappa shape index (κ3) is 2.03. The van der Waals surface area contributed by atoms with E-state index >= 15 is 0 Å². The zero-order valence-electron chi connectivity index (χ0n) is 11.8. The van der Waals surface area contributed by atoms with Gasteiger partial charge in [-0.1, -0.05) is 6.42 Å². The summed E-state index contributed by atoms with van der Waals surface area (Å²) in [5.41, 5.74) is 0. The second-order valence-corrected chi connectivity index (χ2v) is 7.06. The van der Waals surface area contributed by atoms with Crippen LogP contribution in [0.15, 0.2) is 18.5 Å². The van der Waals surface area contributed by atoms with Crippen LogP contribution in [0.4, 0.5) is 0 Å². The molecule has 2 bridgehead atoms. The summed E-state index contributed by atoms with van der Waals surface area (Å²) in [6.45, 7) is 3.30. The van der Waals surface area contributed by atoms with Gasteiger partial charge in [-0.2, -0.15) is 5.10 Å². The van der Waals surface area contributed by atoms with Crippen molar-refractivity contribution in [2.45, 2.75) is 57.7 Å². The largest absolute Gasteiger partial charge is 0.309 e. The van der Waals surface area contributed by atoms with Crippen LogP contribution in [0.25, 0.3) is 0 Å². The first-order valence-corrected chi connectivity index (χ1v) is 8.05. The van der Waals surface area contributed by atoms with Crippen LogP contribution >= 0.6 is 0 Å². The normalized spacial score (nSPS) is 41.6. The first-order chi connectivity index (χ1) is 9.31. The quantitative estimate of drug-likeness (QED) is 0.901. The maximum absolute atomic E-state index is 4.31. The van der Waals surface area contributed by atoms with Crippen LogP contribution in [0.2, 0.25) is 0 Å². The van der Waals surface area contributed by atoms with Crippen molar-refractivity contribution in [3.05, 3.63) is 18.5 Å². The van der Waals surface area contributed by atoms with E-state index in [0.29, 0.717) is 6.04 Å². The summed E-state index contributed by atoms with van der Waals surface area (Å²) in [5, 5.41) is 8.21. The minimum atomic E-state index is 0.532. The van der Waals surface area contributed by atoms with Gasteiger partial charge in [0, 0.05) is 24.5 Å². The van der Waals surface area contributed by atoms with Gasteiger partial charge in [-0.3, -0.25) is 4.68 Å². The van der Waals surface area contributed by atoms with E-state index in [0.717, 1.165) is 36.3 Å².